The number of carbonyl (C=O) groups excluding carboxylic acids is 1. The van der Waals surface area contributed by atoms with E-state index in [-0.39, 0.29) is 12.4 Å². The molecule has 0 aliphatic rings. The average molecular weight is 137 g/mol. The summed E-state index contributed by atoms with van der Waals surface area (Å²) in [5, 5.41) is 7.75. The van der Waals surface area contributed by atoms with Gasteiger partial charge in [0.2, 0.25) is 0 Å². The minimum absolute atomic E-state index is 0.0201. The van der Waals surface area contributed by atoms with Gasteiger partial charge in [-0.15, -0.1) is 11.6 Å². The number of aliphatic hydroxyl groups excluding tert-OH is 1. The van der Waals surface area contributed by atoms with Gasteiger partial charge in [-0.2, -0.15) is 0 Å². The molecule has 0 bridgehead atoms. The zero-order chi connectivity index (χ0) is 6.57. The van der Waals surface area contributed by atoms with E-state index in [0.717, 1.165) is 0 Å². The summed E-state index contributed by atoms with van der Waals surface area (Å²) in [4.78, 5) is 10.3. The Morgan fingerprint density at radius 3 is 2.50 bits per heavy atom. The fourth-order valence-corrected chi connectivity index (χ4v) is 0.414. The summed E-state index contributed by atoms with van der Waals surface area (Å²) in [7, 11) is 0. The number of alkyl halides is 1. The zero-order valence-electron chi connectivity index (χ0n) is 4.72. The first-order valence-electron chi connectivity index (χ1n) is 2.44. The molecule has 0 aliphatic heterocycles. The second kappa shape index (κ2) is 3.87. The van der Waals surface area contributed by atoms with Crippen LogP contribution in [-0.2, 0) is 4.79 Å². The van der Waals surface area contributed by atoms with Crippen molar-refractivity contribution in [3.05, 3.63) is 0 Å². The van der Waals surface area contributed by atoms with Crippen LogP contribution in [0, 0.1) is 0 Å². The third-order valence-corrected chi connectivity index (χ3v) is 1.35. The highest BCUT2D eigenvalue weighted by Gasteiger charge is 2.07. The van der Waals surface area contributed by atoms with Gasteiger partial charge in [-0.3, -0.25) is 4.79 Å². The lowest BCUT2D eigenvalue weighted by Gasteiger charge is -1.98. The van der Waals surface area contributed by atoms with Gasteiger partial charge < -0.3 is 5.11 Å². The van der Waals surface area contributed by atoms with Crippen LogP contribution in [0.4, 0.5) is 0 Å². The molecule has 2 nitrogen and oxygen atoms in total. The maximum absolute atomic E-state index is 10.3. The Hall–Kier alpha value is -0.0800. The minimum Gasteiger partial charge on any atom is -0.396 e. The summed E-state index contributed by atoms with van der Waals surface area (Å²) >= 11 is 5.41. The van der Waals surface area contributed by atoms with Crippen molar-refractivity contribution in [1.82, 2.24) is 0 Å². The average Bonchev–Trinajstić information content (AvgIpc) is 1.67. The molecule has 0 aromatic rings. The van der Waals surface area contributed by atoms with Crippen LogP contribution in [0.15, 0.2) is 0 Å². The molecule has 0 unspecified atom stereocenters. The summed E-state index contributed by atoms with van der Waals surface area (Å²) in [6.45, 7) is 1.39. The van der Waals surface area contributed by atoms with E-state index in [1.54, 1.807) is 0 Å². The molecule has 0 aromatic heterocycles. The lowest BCUT2D eigenvalue weighted by molar-refractivity contribution is -0.116. The Morgan fingerprint density at radius 1 is 1.88 bits per heavy atom. The molecule has 0 saturated carbocycles. The second-order valence-electron chi connectivity index (χ2n) is 1.59. The monoisotopic (exact) mass is 136 g/mol. The van der Waals surface area contributed by atoms with Crippen molar-refractivity contribution in [2.75, 3.05) is 6.61 Å². The minimum atomic E-state index is -0.500. The lowest BCUT2D eigenvalue weighted by atomic mass is 10.2. The quantitative estimate of drug-likeness (QED) is 0.576. The highest BCUT2D eigenvalue weighted by molar-refractivity contribution is 6.30. The van der Waals surface area contributed by atoms with Crippen molar-refractivity contribution in [3.8, 4) is 0 Å². The standard InChI is InChI=1S/C5H9ClO2/c1-4(8)5(6)2-3-7/h5,7H,2-3H2,1H3/t5-/m0/s1. The van der Waals surface area contributed by atoms with E-state index < -0.39 is 5.38 Å². The van der Waals surface area contributed by atoms with Gasteiger partial charge in [-0.05, 0) is 13.3 Å². The van der Waals surface area contributed by atoms with Crippen molar-refractivity contribution >= 4 is 17.4 Å². The molecule has 0 aliphatic carbocycles. The molecule has 3 heteroatoms. The van der Waals surface area contributed by atoms with Gasteiger partial charge in [0, 0.05) is 6.61 Å². The Bertz CT molecular complexity index is 82.5. The number of hydrogen-bond donors (Lipinski definition) is 1. The predicted molar refractivity (Wildman–Crippen MR) is 32.0 cm³/mol. The van der Waals surface area contributed by atoms with Gasteiger partial charge in [0.05, 0.1) is 5.38 Å². The molecule has 0 spiro atoms. The summed E-state index contributed by atoms with van der Waals surface area (Å²) in [5.41, 5.74) is 0. The molecule has 0 saturated heterocycles. The largest absolute Gasteiger partial charge is 0.396 e. The van der Waals surface area contributed by atoms with Gasteiger partial charge in [0.15, 0.2) is 0 Å². The predicted octanol–water partition coefficient (Wildman–Crippen LogP) is 0.565. The van der Waals surface area contributed by atoms with Gasteiger partial charge in [-0.1, -0.05) is 0 Å². The molecule has 0 fully saturated rings. The topological polar surface area (TPSA) is 37.3 Å². The summed E-state index contributed by atoms with van der Waals surface area (Å²) in [6, 6.07) is 0. The second-order valence-corrected chi connectivity index (χ2v) is 2.12. The zero-order valence-corrected chi connectivity index (χ0v) is 5.48. The van der Waals surface area contributed by atoms with E-state index in [0.29, 0.717) is 6.42 Å². The van der Waals surface area contributed by atoms with Crippen LogP contribution < -0.4 is 0 Å². The van der Waals surface area contributed by atoms with E-state index in [1.165, 1.54) is 6.92 Å². The van der Waals surface area contributed by atoms with Crippen molar-refractivity contribution < 1.29 is 9.90 Å². The molecule has 0 heterocycles. The van der Waals surface area contributed by atoms with Crippen molar-refractivity contribution in [2.45, 2.75) is 18.7 Å². The van der Waals surface area contributed by atoms with Crippen LogP contribution in [0.1, 0.15) is 13.3 Å². The van der Waals surface area contributed by atoms with Gasteiger partial charge in [0.1, 0.15) is 5.78 Å². The molecule has 0 amide bonds. The Labute approximate surface area is 53.5 Å². The third-order valence-electron chi connectivity index (χ3n) is 0.824. The van der Waals surface area contributed by atoms with Gasteiger partial charge in [-0.25, -0.2) is 0 Å². The highest BCUT2D eigenvalue weighted by Crippen LogP contribution is 2.00. The third kappa shape index (κ3) is 2.99. The fraction of sp³-hybridized carbons (Fsp3) is 0.800. The first kappa shape index (κ1) is 7.92. The molecule has 0 radical (unpaired) electrons. The number of hydrogen-bond acceptors (Lipinski definition) is 2. The van der Waals surface area contributed by atoms with E-state index in [1.807, 2.05) is 0 Å². The Kier molecular flexibility index (Phi) is 3.83. The van der Waals surface area contributed by atoms with Crippen molar-refractivity contribution in [3.63, 3.8) is 0 Å². The molecular formula is C5H9ClO2. The SMILES string of the molecule is CC(=O)[C@@H](Cl)CCO. The summed E-state index contributed by atoms with van der Waals surface area (Å²) < 4.78 is 0. The van der Waals surface area contributed by atoms with Crippen LogP contribution in [0.2, 0.25) is 0 Å². The molecule has 1 N–H and O–H groups in total. The van der Waals surface area contributed by atoms with Crippen molar-refractivity contribution in [1.29, 1.82) is 0 Å². The summed E-state index contributed by atoms with van der Waals surface area (Å²) in [5.74, 6) is -0.0827. The van der Waals surface area contributed by atoms with Crippen LogP contribution >= 0.6 is 11.6 Å². The van der Waals surface area contributed by atoms with E-state index in [9.17, 15) is 4.79 Å². The smallest absolute Gasteiger partial charge is 0.147 e. The van der Waals surface area contributed by atoms with Gasteiger partial charge >= 0.3 is 0 Å². The van der Waals surface area contributed by atoms with Gasteiger partial charge in [0.25, 0.3) is 0 Å². The number of aliphatic hydroxyl groups is 1. The number of halogens is 1. The molecule has 48 valence electrons. The van der Waals surface area contributed by atoms with E-state index in [2.05, 4.69) is 0 Å². The first-order valence-corrected chi connectivity index (χ1v) is 2.87. The highest BCUT2D eigenvalue weighted by atomic mass is 35.5. The fourth-order valence-electron chi connectivity index (χ4n) is 0.317. The molecule has 0 aromatic carbocycles. The lowest BCUT2D eigenvalue weighted by Crippen LogP contribution is -2.11. The number of carbonyl (C=O) groups is 1. The first-order chi connectivity index (χ1) is 3.68. The molecule has 0 rings (SSSR count). The van der Waals surface area contributed by atoms with E-state index in [4.69, 9.17) is 16.7 Å². The molecular weight excluding hydrogens is 128 g/mol. The van der Waals surface area contributed by atoms with Crippen LogP contribution in [0.5, 0.6) is 0 Å². The number of ketones is 1. The normalized spacial score (nSPS) is 13.4. The molecule has 1 atom stereocenters. The summed E-state index contributed by atoms with van der Waals surface area (Å²) in [6.07, 6.45) is 0.358. The van der Waals surface area contributed by atoms with Crippen LogP contribution in [0.3, 0.4) is 0 Å². The van der Waals surface area contributed by atoms with Crippen LogP contribution in [-0.4, -0.2) is 22.9 Å². The maximum atomic E-state index is 10.3. The number of rotatable bonds is 3. The van der Waals surface area contributed by atoms with E-state index >= 15 is 0 Å². The Balaban J connectivity index is 3.32. The Morgan fingerprint density at radius 2 is 2.38 bits per heavy atom. The number of Topliss-reactive ketones (excluding diaryl/α,β-unsaturated/α-hetero) is 1. The van der Waals surface area contributed by atoms with Crippen LogP contribution in [0.25, 0.3) is 0 Å². The van der Waals surface area contributed by atoms with Crippen molar-refractivity contribution in [2.24, 2.45) is 0 Å². The maximum Gasteiger partial charge on any atom is 0.147 e. The molecule has 8 heavy (non-hydrogen) atoms.